The van der Waals surface area contributed by atoms with Crippen LogP contribution >= 0.6 is 0 Å². The molecule has 0 amide bonds. The molecule has 2 heteroatoms. The predicted molar refractivity (Wildman–Crippen MR) is 65.2 cm³/mol. The standard InChI is InChI=1S/C14H17NO/c1-2-3-9-15-11-14-13-7-5-4-6-12(13)8-10-16-14/h1,4-7,14-15H,3,8-11H2. The van der Waals surface area contributed by atoms with Crippen molar-refractivity contribution in [2.45, 2.75) is 18.9 Å². The molecule has 1 aromatic carbocycles. The Hall–Kier alpha value is -1.30. The number of hydrogen-bond donors (Lipinski definition) is 1. The fourth-order valence-electron chi connectivity index (χ4n) is 2.04. The minimum Gasteiger partial charge on any atom is -0.372 e. The molecule has 1 unspecified atom stereocenters. The average molecular weight is 215 g/mol. The van der Waals surface area contributed by atoms with Crippen LogP contribution in [-0.2, 0) is 11.2 Å². The number of nitrogens with one attached hydrogen (secondary N) is 1. The molecule has 0 aromatic heterocycles. The summed E-state index contributed by atoms with van der Waals surface area (Å²) in [5.41, 5.74) is 2.74. The maximum absolute atomic E-state index is 5.77. The summed E-state index contributed by atoms with van der Waals surface area (Å²) in [5, 5.41) is 3.33. The van der Waals surface area contributed by atoms with Crippen LogP contribution in [0.3, 0.4) is 0 Å². The lowest BCUT2D eigenvalue weighted by Crippen LogP contribution is -2.28. The van der Waals surface area contributed by atoms with Crippen LogP contribution < -0.4 is 5.32 Å². The zero-order valence-electron chi connectivity index (χ0n) is 9.41. The van der Waals surface area contributed by atoms with E-state index in [2.05, 4.69) is 35.5 Å². The van der Waals surface area contributed by atoms with Crippen LogP contribution in [-0.4, -0.2) is 19.7 Å². The topological polar surface area (TPSA) is 21.3 Å². The van der Waals surface area contributed by atoms with E-state index in [0.717, 1.165) is 32.5 Å². The normalized spacial score (nSPS) is 18.8. The highest BCUT2D eigenvalue weighted by molar-refractivity contribution is 5.31. The van der Waals surface area contributed by atoms with Gasteiger partial charge in [-0.2, -0.15) is 0 Å². The van der Waals surface area contributed by atoms with Crippen molar-refractivity contribution in [3.05, 3.63) is 35.4 Å². The average Bonchev–Trinajstić information content (AvgIpc) is 2.35. The van der Waals surface area contributed by atoms with Crippen molar-refractivity contribution in [3.63, 3.8) is 0 Å². The fourth-order valence-corrected chi connectivity index (χ4v) is 2.04. The third-order valence-corrected chi connectivity index (χ3v) is 2.87. The smallest absolute Gasteiger partial charge is 0.0952 e. The molecular weight excluding hydrogens is 198 g/mol. The van der Waals surface area contributed by atoms with E-state index in [-0.39, 0.29) is 6.10 Å². The van der Waals surface area contributed by atoms with Gasteiger partial charge in [-0.25, -0.2) is 0 Å². The summed E-state index contributed by atoms with van der Waals surface area (Å²) in [7, 11) is 0. The SMILES string of the molecule is C#CCCNCC1OCCc2ccccc21. The second kappa shape index (κ2) is 5.69. The highest BCUT2D eigenvalue weighted by Crippen LogP contribution is 2.25. The molecule has 0 fully saturated rings. The summed E-state index contributed by atoms with van der Waals surface area (Å²) < 4.78 is 5.77. The molecule has 1 aromatic rings. The van der Waals surface area contributed by atoms with E-state index in [1.807, 2.05) is 0 Å². The van der Waals surface area contributed by atoms with Gasteiger partial charge in [-0.15, -0.1) is 12.3 Å². The Morgan fingerprint density at radius 3 is 3.19 bits per heavy atom. The van der Waals surface area contributed by atoms with E-state index in [0.29, 0.717) is 0 Å². The summed E-state index contributed by atoms with van der Waals surface area (Å²) in [6, 6.07) is 8.50. The Bertz CT molecular complexity index is 381. The first-order chi connectivity index (χ1) is 7.92. The van der Waals surface area contributed by atoms with E-state index < -0.39 is 0 Å². The minimum absolute atomic E-state index is 0.183. The van der Waals surface area contributed by atoms with Crippen LogP contribution in [0.25, 0.3) is 0 Å². The Morgan fingerprint density at radius 2 is 2.31 bits per heavy atom. The molecule has 16 heavy (non-hydrogen) atoms. The van der Waals surface area contributed by atoms with Gasteiger partial charge >= 0.3 is 0 Å². The van der Waals surface area contributed by atoms with Gasteiger partial charge in [0, 0.05) is 19.5 Å². The monoisotopic (exact) mass is 215 g/mol. The molecule has 0 bridgehead atoms. The number of fused-ring (bicyclic) bond motifs is 1. The predicted octanol–water partition coefficient (Wildman–Crippen LogP) is 1.91. The third-order valence-electron chi connectivity index (χ3n) is 2.87. The first kappa shape index (κ1) is 11.2. The summed E-state index contributed by atoms with van der Waals surface area (Å²) in [5.74, 6) is 2.62. The van der Waals surface area contributed by atoms with Crippen molar-refractivity contribution in [1.82, 2.24) is 5.32 Å². The van der Waals surface area contributed by atoms with Crippen molar-refractivity contribution >= 4 is 0 Å². The zero-order chi connectivity index (χ0) is 11.2. The van der Waals surface area contributed by atoms with Gasteiger partial charge in [-0.05, 0) is 17.5 Å². The molecule has 1 heterocycles. The van der Waals surface area contributed by atoms with Crippen LogP contribution in [0.5, 0.6) is 0 Å². The molecule has 84 valence electrons. The van der Waals surface area contributed by atoms with Gasteiger partial charge in [0.1, 0.15) is 0 Å². The van der Waals surface area contributed by atoms with Crippen LogP contribution in [0.1, 0.15) is 23.7 Å². The summed E-state index contributed by atoms with van der Waals surface area (Å²) in [4.78, 5) is 0. The number of rotatable bonds is 4. The number of benzene rings is 1. The van der Waals surface area contributed by atoms with E-state index in [9.17, 15) is 0 Å². The highest BCUT2D eigenvalue weighted by Gasteiger charge is 2.19. The quantitative estimate of drug-likeness (QED) is 0.612. The van der Waals surface area contributed by atoms with E-state index >= 15 is 0 Å². The van der Waals surface area contributed by atoms with E-state index in [1.54, 1.807) is 0 Å². The van der Waals surface area contributed by atoms with Gasteiger partial charge in [-0.3, -0.25) is 0 Å². The Labute approximate surface area is 97.0 Å². The van der Waals surface area contributed by atoms with Gasteiger partial charge in [-0.1, -0.05) is 24.3 Å². The molecule has 1 aliphatic rings. The molecule has 0 saturated carbocycles. The number of hydrogen-bond acceptors (Lipinski definition) is 2. The van der Waals surface area contributed by atoms with Crippen molar-refractivity contribution < 1.29 is 4.74 Å². The van der Waals surface area contributed by atoms with Crippen LogP contribution in [0, 0.1) is 12.3 Å². The molecular formula is C14H17NO. The molecule has 0 aliphatic carbocycles. The Kier molecular flexibility index (Phi) is 3.98. The third kappa shape index (κ3) is 2.63. The first-order valence-electron chi connectivity index (χ1n) is 5.75. The van der Waals surface area contributed by atoms with E-state index in [4.69, 9.17) is 11.2 Å². The van der Waals surface area contributed by atoms with Crippen molar-refractivity contribution in [2.75, 3.05) is 19.7 Å². The second-order valence-electron chi connectivity index (χ2n) is 3.97. The van der Waals surface area contributed by atoms with Gasteiger partial charge < -0.3 is 10.1 Å². The van der Waals surface area contributed by atoms with Crippen LogP contribution in [0.4, 0.5) is 0 Å². The van der Waals surface area contributed by atoms with Gasteiger partial charge in [0.05, 0.1) is 12.7 Å². The fraction of sp³-hybridized carbons (Fsp3) is 0.429. The van der Waals surface area contributed by atoms with Gasteiger partial charge in [0.15, 0.2) is 0 Å². The lowest BCUT2D eigenvalue weighted by Gasteiger charge is -2.26. The van der Waals surface area contributed by atoms with E-state index in [1.165, 1.54) is 11.1 Å². The largest absolute Gasteiger partial charge is 0.372 e. The zero-order valence-corrected chi connectivity index (χ0v) is 9.41. The summed E-state index contributed by atoms with van der Waals surface area (Å²) in [6.07, 6.45) is 7.18. The summed E-state index contributed by atoms with van der Waals surface area (Å²) >= 11 is 0. The molecule has 2 nitrogen and oxygen atoms in total. The van der Waals surface area contributed by atoms with Gasteiger partial charge in [0.25, 0.3) is 0 Å². The Balaban J connectivity index is 1.94. The molecule has 1 aliphatic heterocycles. The maximum Gasteiger partial charge on any atom is 0.0952 e. The molecule has 0 saturated heterocycles. The summed E-state index contributed by atoms with van der Waals surface area (Å²) in [6.45, 7) is 2.52. The van der Waals surface area contributed by atoms with Crippen LogP contribution in [0.15, 0.2) is 24.3 Å². The van der Waals surface area contributed by atoms with Gasteiger partial charge in [0.2, 0.25) is 0 Å². The molecule has 0 radical (unpaired) electrons. The van der Waals surface area contributed by atoms with Crippen molar-refractivity contribution in [1.29, 1.82) is 0 Å². The molecule has 1 N–H and O–H groups in total. The highest BCUT2D eigenvalue weighted by atomic mass is 16.5. The first-order valence-corrected chi connectivity index (χ1v) is 5.75. The molecule has 2 rings (SSSR count). The lowest BCUT2D eigenvalue weighted by atomic mass is 9.97. The Morgan fingerprint density at radius 1 is 1.44 bits per heavy atom. The lowest BCUT2D eigenvalue weighted by molar-refractivity contribution is 0.0428. The molecule has 1 atom stereocenters. The molecule has 0 spiro atoms. The maximum atomic E-state index is 5.77. The number of ether oxygens (including phenoxy) is 1. The minimum atomic E-state index is 0.183. The van der Waals surface area contributed by atoms with Crippen molar-refractivity contribution in [3.8, 4) is 12.3 Å². The van der Waals surface area contributed by atoms with Crippen molar-refractivity contribution in [2.24, 2.45) is 0 Å². The van der Waals surface area contributed by atoms with Crippen LogP contribution in [0.2, 0.25) is 0 Å². The number of terminal acetylenes is 1. The second-order valence-corrected chi connectivity index (χ2v) is 3.97.